The van der Waals surface area contributed by atoms with Gasteiger partial charge in [0.15, 0.2) is 29.4 Å². The molecule has 1 fully saturated rings. The molecule has 4 heterocycles. The Morgan fingerprint density at radius 3 is 1.96 bits per heavy atom. The van der Waals surface area contributed by atoms with Gasteiger partial charge in [0, 0.05) is 25.2 Å². The lowest BCUT2D eigenvalue weighted by Crippen LogP contribution is -2.33. The number of aliphatic hydroxyl groups is 2. The van der Waals surface area contributed by atoms with Gasteiger partial charge in [0.25, 0.3) is 0 Å². The third kappa shape index (κ3) is 22.0. The third-order valence-corrected chi connectivity index (χ3v) is 14.6. The molecule has 33 heteroatoms. The molecule has 438 valence electrons. The Morgan fingerprint density at radius 2 is 1.34 bits per heavy atom. The molecule has 79 heavy (non-hydrogen) atoms. The zero-order valence-electron chi connectivity index (χ0n) is 42.5. The average Bonchev–Trinajstić information content (AvgIpc) is 4.30. The molecule has 2 aromatic carbocycles. The van der Waals surface area contributed by atoms with E-state index in [1.807, 2.05) is 35.2 Å². The maximum absolute atomic E-state index is 13.6. The van der Waals surface area contributed by atoms with Gasteiger partial charge in [-0.1, -0.05) is 35.5 Å². The normalized spacial score (nSPS) is 17.4. The van der Waals surface area contributed by atoms with Crippen LogP contribution in [0.3, 0.4) is 0 Å². The summed E-state index contributed by atoms with van der Waals surface area (Å²) in [6.07, 6.45) is -3.11. The van der Waals surface area contributed by atoms with Crippen molar-refractivity contribution in [3.8, 4) is 5.75 Å². The van der Waals surface area contributed by atoms with Crippen molar-refractivity contribution in [1.29, 1.82) is 0 Å². The number of halogens is 4. The minimum absolute atomic E-state index is 0.0669. The number of carbonyl (C=O) groups is 1. The average molecular weight is 1190 g/mol. The van der Waals surface area contributed by atoms with Gasteiger partial charge >= 0.3 is 21.2 Å². The number of hydrogen-bond acceptors (Lipinski definition) is 22. The number of carbonyl (C=O) groups excluding carboxylic acids is 1. The minimum Gasteiger partial charge on any atom is -0.420 e. The number of rotatable bonds is 39. The van der Waals surface area contributed by atoms with Crippen LogP contribution >= 0.6 is 26.8 Å². The fraction of sp³-hybridized carbons (Fsp3) is 0.565. The summed E-state index contributed by atoms with van der Waals surface area (Å²) in [6.45, 7) is 4.83. The van der Waals surface area contributed by atoms with E-state index in [1.54, 1.807) is 10.9 Å². The SMILES string of the molecule is O=C(CCOCCOCCOCCOCCn1cc(COCCOCCOCCOCCN(Cc2ccccc2)c2nc(Cl)nc3c2cnn3[C@@H]2O[C@H](COP(=O)(O)CP(=O)(O)O)[C@@H](O)[C@H]2O)nn1)Oc1c(F)cc(F)cc1F. The molecular formula is C46H62ClF3N8O19P2. The van der Waals surface area contributed by atoms with Crippen molar-refractivity contribution in [2.75, 3.05) is 123 Å². The molecule has 5 aromatic rings. The molecule has 5 atom stereocenters. The molecule has 0 spiro atoms. The predicted molar refractivity (Wildman–Crippen MR) is 268 cm³/mol. The number of benzene rings is 2. The number of ether oxygens (including phenoxy) is 10. The smallest absolute Gasteiger partial charge is 0.340 e. The van der Waals surface area contributed by atoms with Gasteiger partial charge in [-0.3, -0.25) is 13.9 Å². The number of aliphatic hydroxyl groups excluding tert-OH is 2. The summed E-state index contributed by atoms with van der Waals surface area (Å²) >= 11 is 6.44. The third-order valence-electron chi connectivity index (χ3n) is 11.0. The molecule has 0 aliphatic carbocycles. The van der Waals surface area contributed by atoms with Gasteiger partial charge in [-0.05, 0) is 17.2 Å². The number of fused-ring (bicyclic) bond motifs is 1. The minimum atomic E-state index is -4.91. The summed E-state index contributed by atoms with van der Waals surface area (Å²) in [6, 6.07) is 10.4. The van der Waals surface area contributed by atoms with E-state index in [-0.39, 0.29) is 57.0 Å². The quantitative estimate of drug-likeness (QED) is 0.0124. The van der Waals surface area contributed by atoms with Crippen LogP contribution < -0.4 is 9.64 Å². The van der Waals surface area contributed by atoms with Crippen molar-refractivity contribution in [3.63, 3.8) is 0 Å². The Labute approximate surface area is 455 Å². The first-order valence-electron chi connectivity index (χ1n) is 24.5. The highest BCUT2D eigenvalue weighted by atomic mass is 35.5. The van der Waals surface area contributed by atoms with Crippen LogP contribution in [0.5, 0.6) is 5.75 Å². The van der Waals surface area contributed by atoms with Crippen LogP contribution in [-0.2, 0) is 80.8 Å². The highest BCUT2D eigenvalue weighted by molar-refractivity contribution is 7.70. The number of nitrogens with zero attached hydrogens (tertiary/aromatic N) is 8. The first kappa shape index (κ1) is 63.5. The Kier molecular flexibility index (Phi) is 26.3. The monoisotopic (exact) mass is 1180 g/mol. The zero-order chi connectivity index (χ0) is 56.6. The first-order valence-corrected chi connectivity index (χ1v) is 28.5. The molecule has 6 rings (SSSR count). The Hall–Kier alpha value is -4.66. The van der Waals surface area contributed by atoms with Gasteiger partial charge in [-0.25, -0.2) is 22.5 Å². The van der Waals surface area contributed by atoms with Crippen LogP contribution in [0.25, 0.3) is 11.0 Å². The molecular weight excluding hydrogens is 1120 g/mol. The van der Waals surface area contributed by atoms with E-state index < -0.39 is 81.4 Å². The number of esters is 1. The molecule has 1 saturated heterocycles. The molecule has 0 saturated carbocycles. The number of anilines is 1. The first-order chi connectivity index (χ1) is 38.0. The summed E-state index contributed by atoms with van der Waals surface area (Å²) < 4.78 is 126. The largest absolute Gasteiger partial charge is 0.420 e. The lowest BCUT2D eigenvalue weighted by Gasteiger charge is -2.25. The van der Waals surface area contributed by atoms with Crippen molar-refractivity contribution in [1.82, 2.24) is 34.7 Å². The van der Waals surface area contributed by atoms with E-state index in [2.05, 4.69) is 30.1 Å². The van der Waals surface area contributed by atoms with Gasteiger partial charge in [-0.2, -0.15) is 15.1 Å². The Balaban J connectivity index is 0.774. The van der Waals surface area contributed by atoms with Crippen LogP contribution in [-0.4, -0.2) is 202 Å². The molecule has 3 aromatic heterocycles. The summed E-state index contributed by atoms with van der Waals surface area (Å²) in [7, 11) is -9.69. The number of aromatic nitrogens is 7. The van der Waals surface area contributed by atoms with E-state index in [9.17, 15) is 42.2 Å². The predicted octanol–water partition coefficient (Wildman–Crippen LogP) is 2.78. The van der Waals surface area contributed by atoms with Crippen molar-refractivity contribution in [2.24, 2.45) is 0 Å². The number of hydrogen-bond donors (Lipinski definition) is 5. The molecule has 27 nitrogen and oxygen atoms in total. The lowest BCUT2D eigenvalue weighted by atomic mass is 10.1. The molecule has 1 unspecified atom stereocenters. The fourth-order valence-corrected chi connectivity index (χ4v) is 10.0. The highest BCUT2D eigenvalue weighted by Crippen LogP contribution is 2.55. The summed E-state index contributed by atoms with van der Waals surface area (Å²) in [5, 5.41) is 34.4. The van der Waals surface area contributed by atoms with E-state index in [0.29, 0.717) is 115 Å². The topological polar surface area (TPSA) is 331 Å². The lowest BCUT2D eigenvalue weighted by molar-refractivity contribution is -0.136. The van der Waals surface area contributed by atoms with Crippen molar-refractivity contribution < 1.29 is 104 Å². The van der Waals surface area contributed by atoms with Crippen LogP contribution in [0, 0.1) is 17.5 Å². The van der Waals surface area contributed by atoms with Crippen molar-refractivity contribution >= 4 is 49.6 Å². The summed E-state index contributed by atoms with van der Waals surface area (Å²) in [5.41, 5.74) is 1.72. The van der Waals surface area contributed by atoms with E-state index in [0.717, 1.165) is 5.56 Å². The molecule has 0 bridgehead atoms. The Morgan fingerprint density at radius 1 is 0.759 bits per heavy atom. The second kappa shape index (κ2) is 32.7. The Bertz CT molecular complexity index is 2720. The molecule has 1 aliphatic heterocycles. The van der Waals surface area contributed by atoms with Crippen molar-refractivity contribution in [3.05, 3.63) is 88.9 Å². The highest BCUT2D eigenvalue weighted by Gasteiger charge is 2.46. The van der Waals surface area contributed by atoms with Crippen LogP contribution in [0.2, 0.25) is 5.28 Å². The van der Waals surface area contributed by atoms with Gasteiger partial charge < -0.3 is 81.7 Å². The van der Waals surface area contributed by atoms with Gasteiger partial charge in [0.05, 0.1) is 143 Å². The maximum atomic E-state index is 13.6. The van der Waals surface area contributed by atoms with Gasteiger partial charge in [0.1, 0.15) is 35.6 Å². The molecule has 1 aliphatic rings. The fourth-order valence-electron chi connectivity index (χ4n) is 7.30. The molecule has 0 amide bonds. The van der Waals surface area contributed by atoms with Gasteiger partial charge in [-0.15, -0.1) is 5.10 Å². The van der Waals surface area contributed by atoms with Crippen LogP contribution in [0.1, 0.15) is 23.9 Å². The zero-order valence-corrected chi connectivity index (χ0v) is 45.0. The molecule has 0 radical (unpaired) electrons. The second-order valence-electron chi connectivity index (χ2n) is 17.1. The van der Waals surface area contributed by atoms with Crippen LogP contribution in [0.15, 0.2) is 54.9 Å². The van der Waals surface area contributed by atoms with E-state index in [4.69, 9.17) is 68.5 Å². The maximum Gasteiger partial charge on any atom is 0.340 e. The van der Waals surface area contributed by atoms with E-state index >= 15 is 0 Å². The van der Waals surface area contributed by atoms with Gasteiger partial charge in [0.2, 0.25) is 11.0 Å². The summed E-state index contributed by atoms with van der Waals surface area (Å²) in [5.74, 6) is -6.73. The molecule has 5 N–H and O–H groups in total. The van der Waals surface area contributed by atoms with E-state index in [1.165, 1.54) is 10.9 Å². The van der Waals surface area contributed by atoms with Crippen LogP contribution in [0.4, 0.5) is 19.0 Å². The summed E-state index contributed by atoms with van der Waals surface area (Å²) in [4.78, 5) is 50.6. The van der Waals surface area contributed by atoms with Crippen molar-refractivity contribution in [2.45, 2.75) is 50.7 Å². The standard InChI is InChI=1S/C46H62ClF3N8O19P2/c47-46-52-43(35-26-51-58(44(35)53-46)45-41(61)40(60)38(76-45)30-75-79(65,66)31-78(62,63)64)56(27-32-4-2-1-3-5-32)7-10-68-13-16-71-20-21-73-22-23-74-29-34-28-57(55-54-34)8-11-69-14-17-72-19-18-70-15-12-67-9-6-39(59)77-42-36(49)24-33(48)25-37(42)50/h1-5,24-26,28,38,40-41,45,60-61H,6-23,27,29-31H2,(H,65,66)(H2,62,63,64)/t38-,40-,41-,45-/m1/s1. The second-order valence-corrected chi connectivity index (χ2v) is 21.4.